The van der Waals surface area contributed by atoms with E-state index in [1.54, 1.807) is 14.2 Å². The lowest BCUT2D eigenvalue weighted by atomic mass is 9.88. The van der Waals surface area contributed by atoms with Crippen molar-refractivity contribution < 1.29 is 18.0 Å². The zero-order chi connectivity index (χ0) is 18.5. The van der Waals surface area contributed by atoms with E-state index in [1.807, 2.05) is 0 Å². The minimum absolute atomic E-state index is 0.0935. The van der Waals surface area contributed by atoms with Crippen LogP contribution in [0, 0.1) is 0 Å². The third-order valence-electron chi connectivity index (χ3n) is 4.63. The molecule has 0 saturated heterocycles. The third kappa shape index (κ3) is 7.12. The summed E-state index contributed by atoms with van der Waals surface area (Å²) >= 11 is 0. The van der Waals surface area contributed by atoms with Gasteiger partial charge in [-0.3, -0.25) is 0 Å². The van der Waals surface area contributed by atoms with Crippen LogP contribution >= 0.6 is 0 Å². The van der Waals surface area contributed by atoms with Gasteiger partial charge in [-0.2, -0.15) is 0 Å². The van der Waals surface area contributed by atoms with Gasteiger partial charge in [-0.1, -0.05) is 60.3 Å². The number of rotatable bonds is 16. The molecule has 0 N–H and O–H groups in total. The van der Waals surface area contributed by atoms with E-state index in [2.05, 4.69) is 34.6 Å². The van der Waals surface area contributed by atoms with Crippen LogP contribution in [0.5, 0.6) is 0 Å². The second-order valence-electron chi connectivity index (χ2n) is 6.67. The molecular formula is C19H42O4Si. The van der Waals surface area contributed by atoms with E-state index in [4.69, 9.17) is 18.0 Å². The Morgan fingerprint density at radius 3 is 1.62 bits per heavy atom. The van der Waals surface area contributed by atoms with Crippen molar-refractivity contribution in [2.75, 3.05) is 20.8 Å². The van der Waals surface area contributed by atoms with Crippen molar-refractivity contribution in [2.24, 2.45) is 0 Å². The first-order chi connectivity index (χ1) is 11.5. The van der Waals surface area contributed by atoms with Gasteiger partial charge in [-0.15, -0.1) is 0 Å². The Kier molecular flexibility index (Phi) is 13.3. The van der Waals surface area contributed by atoms with Gasteiger partial charge in [0.05, 0.1) is 5.60 Å². The average molecular weight is 363 g/mol. The van der Waals surface area contributed by atoms with Crippen LogP contribution in [0.2, 0.25) is 0 Å². The molecule has 0 saturated carbocycles. The lowest BCUT2D eigenvalue weighted by Crippen LogP contribution is -2.60. The van der Waals surface area contributed by atoms with E-state index in [1.165, 1.54) is 0 Å². The van der Waals surface area contributed by atoms with E-state index < -0.39 is 8.80 Å². The molecule has 24 heavy (non-hydrogen) atoms. The Labute approximate surface area is 152 Å². The molecule has 0 heterocycles. The van der Waals surface area contributed by atoms with Crippen LogP contribution in [0.4, 0.5) is 0 Å². The van der Waals surface area contributed by atoms with Crippen LogP contribution in [0.3, 0.4) is 0 Å². The lowest BCUT2D eigenvalue weighted by Gasteiger charge is -2.43. The highest BCUT2D eigenvalue weighted by molar-refractivity contribution is 6.62. The van der Waals surface area contributed by atoms with Crippen molar-refractivity contribution in [1.29, 1.82) is 0 Å². The molecule has 1 atom stereocenters. The van der Waals surface area contributed by atoms with E-state index in [0.717, 1.165) is 64.4 Å². The van der Waals surface area contributed by atoms with Gasteiger partial charge in [0, 0.05) is 20.8 Å². The van der Waals surface area contributed by atoms with Crippen molar-refractivity contribution >= 4 is 8.80 Å². The van der Waals surface area contributed by atoms with Gasteiger partial charge >= 0.3 is 8.80 Å². The van der Waals surface area contributed by atoms with Gasteiger partial charge in [-0.05, 0) is 32.1 Å². The minimum Gasteiger partial charge on any atom is -0.375 e. The highest BCUT2D eigenvalue weighted by atomic mass is 28.4. The fourth-order valence-electron chi connectivity index (χ4n) is 3.53. The molecular weight excluding hydrogens is 320 g/mol. The summed E-state index contributed by atoms with van der Waals surface area (Å²) in [5.74, 6) is 0. The van der Waals surface area contributed by atoms with E-state index >= 15 is 0 Å². The molecule has 1 unspecified atom stereocenters. The Morgan fingerprint density at radius 1 is 0.792 bits per heavy atom. The largest absolute Gasteiger partial charge is 0.531 e. The van der Waals surface area contributed by atoms with Crippen LogP contribution in [-0.2, 0) is 18.0 Å². The molecule has 146 valence electrons. The predicted octanol–water partition coefficient (Wildman–Crippen LogP) is 5.51. The summed E-state index contributed by atoms with van der Waals surface area (Å²) in [7, 11) is 0.545. The molecule has 0 amide bonds. The molecule has 0 aromatic heterocycles. The summed E-state index contributed by atoms with van der Waals surface area (Å²) in [5, 5.41) is 0. The predicted molar refractivity (Wildman–Crippen MR) is 103 cm³/mol. The Bertz CT molecular complexity index is 278. The second kappa shape index (κ2) is 13.3. The second-order valence-corrected chi connectivity index (χ2v) is 9.54. The van der Waals surface area contributed by atoms with Crippen molar-refractivity contribution in [1.82, 2.24) is 0 Å². The molecule has 5 heteroatoms. The van der Waals surface area contributed by atoms with Gasteiger partial charge in [0.1, 0.15) is 5.73 Å². The van der Waals surface area contributed by atoms with Gasteiger partial charge in [0.15, 0.2) is 0 Å². The van der Waals surface area contributed by atoms with Gasteiger partial charge in [0.2, 0.25) is 0 Å². The average Bonchev–Trinajstić information content (AvgIpc) is 2.58. The van der Waals surface area contributed by atoms with Crippen molar-refractivity contribution in [3.05, 3.63) is 0 Å². The van der Waals surface area contributed by atoms with Crippen molar-refractivity contribution in [3.63, 3.8) is 0 Å². The van der Waals surface area contributed by atoms with Crippen LogP contribution < -0.4 is 0 Å². The number of hydrogen-bond donors (Lipinski definition) is 0. The maximum Gasteiger partial charge on any atom is 0.531 e. The fraction of sp³-hybridized carbons (Fsp3) is 1.00. The molecule has 0 fully saturated rings. The zero-order valence-electron chi connectivity index (χ0n) is 17.3. The molecule has 0 bridgehead atoms. The van der Waals surface area contributed by atoms with E-state index in [0.29, 0.717) is 0 Å². The maximum atomic E-state index is 6.80. The molecule has 0 aliphatic heterocycles. The standard InChI is InChI=1S/C19H42O4Si/c1-8-13-17-22-18(12-5)24(20-6,21-7)23-19(14-9-2,15-10-3)16-11-4/h18H,8-17H2,1-7H3. The van der Waals surface area contributed by atoms with Gasteiger partial charge in [-0.25, -0.2) is 0 Å². The van der Waals surface area contributed by atoms with E-state index in [9.17, 15) is 0 Å². The number of hydrogen-bond acceptors (Lipinski definition) is 4. The quantitative estimate of drug-likeness (QED) is 0.268. The molecule has 4 nitrogen and oxygen atoms in total. The van der Waals surface area contributed by atoms with Crippen molar-refractivity contribution in [2.45, 2.75) is 104 Å². The summed E-state index contributed by atoms with van der Waals surface area (Å²) in [6, 6.07) is 0. The van der Waals surface area contributed by atoms with Gasteiger partial charge in [0.25, 0.3) is 0 Å². The molecule has 0 aliphatic carbocycles. The van der Waals surface area contributed by atoms with Crippen molar-refractivity contribution in [3.8, 4) is 0 Å². The summed E-state index contributed by atoms with van der Waals surface area (Å²) in [6.07, 6.45) is 9.46. The smallest absolute Gasteiger partial charge is 0.375 e. The maximum absolute atomic E-state index is 6.80. The normalized spacial score (nSPS) is 14.1. The van der Waals surface area contributed by atoms with Crippen LogP contribution in [0.15, 0.2) is 0 Å². The first-order valence-corrected chi connectivity index (χ1v) is 11.8. The summed E-state index contributed by atoms with van der Waals surface area (Å²) in [6.45, 7) is 11.7. The monoisotopic (exact) mass is 362 g/mol. The molecule has 0 aliphatic rings. The van der Waals surface area contributed by atoms with Crippen LogP contribution in [-0.4, -0.2) is 41.0 Å². The molecule has 0 aromatic rings. The minimum atomic E-state index is -2.89. The third-order valence-corrected chi connectivity index (χ3v) is 7.85. The molecule has 0 radical (unpaired) electrons. The first-order valence-electron chi connectivity index (χ1n) is 9.95. The summed E-state index contributed by atoms with van der Waals surface area (Å²) in [5.41, 5.74) is -0.248. The highest BCUT2D eigenvalue weighted by Gasteiger charge is 2.53. The Morgan fingerprint density at radius 2 is 1.29 bits per heavy atom. The van der Waals surface area contributed by atoms with Gasteiger partial charge < -0.3 is 18.0 Å². The Hall–Kier alpha value is 0.0569. The molecule has 0 rings (SSSR count). The molecule has 0 spiro atoms. The number of unbranched alkanes of at least 4 members (excludes halogenated alkanes) is 1. The Balaban J connectivity index is 5.45. The summed E-state index contributed by atoms with van der Waals surface area (Å²) in [4.78, 5) is 0. The fourth-order valence-corrected chi connectivity index (χ4v) is 6.25. The highest BCUT2D eigenvalue weighted by Crippen LogP contribution is 2.35. The zero-order valence-corrected chi connectivity index (χ0v) is 18.3. The molecule has 0 aromatic carbocycles. The first kappa shape index (κ1) is 24.1. The van der Waals surface area contributed by atoms with Crippen LogP contribution in [0.25, 0.3) is 0 Å². The lowest BCUT2D eigenvalue weighted by molar-refractivity contribution is -0.0696. The topological polar surface area (TPSA) is 36.9 Å². The van der Waals surface area contributed by atoms with E-state index in [-0.39, 0.29) is 11.3 Å². The number of ether oxygens (including phenoxy) is 1. The SMILES string of the molecule is CCCCOC(CC)[Si](OC)(OC)OC(CCC)(CCC)CCC. The van der Waals surface area contributed by atoms with Crippen LogP contribution in [0.1, 0.15) is 92.4 Å². The summed E-state index contributed by atoms with van der Waals surface area (Å²) < 4.78 is 24.8.